The highest BCUT2D eigenvalue weighted by Gasteiger charge is 2.19. The first kappa shape index (κ1) is 17.7. The topological polar surface area (TPSA) is 89.4 Å². The van der Waals surface area contributed by atoms with Crippen LogP contribution in [0.15, 0.2) is 53.7 Å². The Hall–Kier alpha value is -2.16. The zero-order valence-corrected chi connectivity index (χ0v) is 14.5. The molecule has 2 N–H and O–H groups in total. The monoisotopic (exact) mass is 363 g/mol. The van der Waals surface area contributed by atoms with Gasteiger partial charge in [0.2, 0.25) is 10.0 Å². The largest absolute Gasteiger partial charge is 0.379 e. The van der Waals surface area contributed by atoms with Crippen molar-refractivity contribution in [2.45, 2.75) is 23.9 Å². The van der Waals surface area contributed by atoms with Gasteiger partial charge in [-0.15, -0.1) is 0 Å². The van der Waals surface area contributed by atoms with Gasteiger partial charge in [-0.2, -0.15) is 0 Å². The second-order valence-corrected chi connectivity index (χ2v) is 7.64. The number of benzene rings is 1. The van der Waals surface area contributed by atoms with E-state index in [2.05, 4.69) is 10.0 Å². The van der Waals surface area contributed by atoms with Gasteiger partial charge in [0.15, 0.2) is 0 Å². The first-order valence-corrected chi connectivity index (χ1v) is 9.62. The minimum absolute atomic E-state index is 0.0197. The van der Waals surface area contributed by atoms with Crippen LogP contribution in [0.5, 0.6) is 0 Å². The third-order valence-electron chi connectivity index (χ3n) is 4.02. The number of carbonyl (C=O) groups excluding carboxylic acids is 1. The lowest BCUT2D eigenvalue weighted by Gasteiger charge is -2.11. The first-order valence-electron chi connectivity index (χ1n) is 8.14. The van der Waals surface area contributed by atoms with Crippen LogP contribution in [0.1, 0.15) is 16.8 Å². The van der Waals surface area contributed by atoms with Crippen molar-refractivity contribution in [3.05, 3.63) is 54.4 Å². The van der Waals surface area contributed by atoms with Gasteiger partial charge in [0.05, 0.1) is 17.5 Å². The van der Waals surface area contributed by atoms with E-state index in [1.165, 1.54) is 24.3 Å². The average molecular weight is 363 g/mol. The molecule has 134 valence electrons. The number of hydrogen-bond donors (Lipinski definition) is 2. The Morgan fingerprint density at radius 3 is 2.56 bits per heavy atom. The molecule has 1 aliphatic heterocycles. The number of sulfonamides is 1. The van der Waals surface area contributed by atoms with Gasteiger partial charge in [-0.05, 0) is 42.8 Å². The number of carbonyl (C=O) groups is 1. The lowest BCUT2D eigenvalue weighted by molar-refractivity contribution is 0.0930. The summed E-state index contributed by atoms with van der Waals surface area (Å²) in [6.07, 6.45) is 4.54. The molecule has 1 saturated heterocycles. The molecule has 1 aromatic heterocycles. The van der Waals surface area contributed by atoms with Crippen LogP contribution in [-0.2, 0) is 21.3 Å². The van der Waals surface area contributed by atoms with Crippen molar-refractivity contribution in [3.63, 3.8) is 0 Å². The van der Waals surface area contributed by atoms with E-state index in [0.29, 0.717) is 31.9 Å². The van der Waals surface area contributed by atoms with Crippen molar-refractivity contribution in [1.82, 2.24) is 14.6 Å². The molecule has 1 aliphatic rings. The zero-order valence-electron chi connectivity index (χ0n) is 13.7. The van der Waals surface area contributed by atoms with Crippen molar-refractivity contribution in [2.24, 2.45) is 0 Å². The maximum Gasteiger partial charge on any atom is 0.251 e. The normalized spacial score (nSPS) is 17.5. The molecule has 25 heavy (non-hydrogen) atoms. The highest BCUT2D eigenvalue weighted by molar-refractivity contribution is 7.89. The molecule has 0 spiro atoms. The summed E-state index contributed by atoms with van der Waals surface area (Å²) in [5, 5.41) is 2.87. The molecular weight excluding hydrogens is 342 g/mol. The fourth-order valence-electron chi connectivity index (χ4n) is 2.61. The Labute approximate surface area is 147 Å². The summed E-state index contributed by atoms with van der Waals surface area (Å²) in [4.78, 5) is 12.3. The average Bonchev–Trinajstić information content (AvgIpc) is 3.29. The van der Waals surface area contributed by atoms with Crippen LogP contribution in [0.3, 0.4) is 0 Å². The summed E-state index contributed by atoms with van der Waals surface area (Å²) < 4.78 is 34.2. The Morgan fingerprint density at radius 2 is 1.92 bits per heavy atom. The summed E-state index contributed by atoms with van der Waals surface area (Å²) in [6, 6.07) is 9.71. The minimum atomic E-state index is -3.59. The smallest absolute Gasteiger partial charge is 0.251 e. The van der Waals surface area contributed by atoms with Gasteiger partial charge >= 0.3 is 0 Å². The number of aromatic nitrogens is 1. The van der Waals surface area contributed by atoms with Gasteiger partial charge in [0.1, 0.15) is 0 Å². The standard InChI is InChI=1S/C17H21N3O4S/c21-17(19-15-7-12-24-13-15)14-3-5-16(6-4-14)25(22,23)18-8-11-20-9-1-2-10-20/h1-6,9-10,15,18H,7-8,11-13H2,(H,19,21)/t15-/m0/s1. The quantitative estimate of drug-likeness (QED) is 0.768. The van der Waals surface area contributed by atoms with Gasteiger partial charge < -0.3 is 14.6 Å². The van der Waals surface area contributed by atoms with E-state index < -0.39 is 10.0 Å². The molecule has 3 rings (SSSR count). The molecule has 1 atom stereocenters. The Bertz CT molecular complexity index is 795. The van der Waals surface area contributed by atoms with E-state index in [-0.39, 0.29) is 16.8 Å². The maximum absolute atomic E-state index is 12.3. The number of nitrogens with one attached hydrogen (secondary N) is 2. The van der Waals surface area contributed by atoms with Crippen molar-refractivity contribution in [1.29, 1.82) is 0 Å². The first-order chi connectivity index (χ1) is 12.0. The number of nitrogens with zero attached hydrogens (tertiary/aromatic N) is 1. The van der Waals surface area contributed by atoms with Crippen molar-refractivity contribution in [3.8, 4) is 0 Å². The highest BCUT2D eigenvalue weighted by Crippen LogP contribution is 2.12. The van der Waals surface area contributed by atoms with Crippen LogP contribution in [0.4, 0.5) is 0 Å². The molecule has 2 heterocycles. The fraction of sp³-hybridized carbons (Fsp3) is 0.353. The fourth-order valence-corrected chi connectivity index (χ4v) is 3.64. The Kier molecular flexibility index (Phi) is 5.52. The maximum atomic E-state index is 12.3. The summed E-state index contributed by atoms with van der Waals surface area (Å²) in [5.41, 5.74) is 0.429. The highest BCUT2D eigenvalue weighted by atomic mass is 32.2. The van der Waals surface area contributed by atoms with Gasteiger partial charge in [0, 0.05) is 37.7 Å². The lowest BCUT2D eigenvalue weighted by atomic mass is 10.2. The van der Waals surface area contributed by atoms with Gasteiger partial charge in [0.25, 0.3) is 5.91 Å². The molecule has 7 nitrogen and oxygen atoms in total. The Balaban J connectivity index is 1.57. The van der Waals surface area contributed by atoms with Crippen LogP contribution in [-0.4, -0.2) is 44.7 Å². The predicted octanol–water partition coefficient (Wildman–Crippen LogP) is 0.985. The molecule has 1 fully saturated rings. The van der Waals surface area contributed by atoms with Gasteiger partial charge in [-0.1, -0.05) is 0 Å². The molecule has 0 unspecified atom stereocenters. The number of rotatable bonds is 7. The third kappa shape index (κ3) is 4.68. The summed E-state index contributed by atoms with van der Waals surface area (Å²) in [6.45, 7) is 2.01. The number of ether oxygens (including phenoxy) is 1. The second kappa shape index (κ2) is 7.81. The van der Waals surface area contributed by atoms with Crippen LogP contribution in [0.2, 0.25) is 0 Å². The lowest BCUT2D eigenvalue weighted by Crippen LogP contribution is -2.35. The number of hydrogen-bond acceptors (Lipinski definition) is 4. The van der Waals surface area contributed by atoms with Gasteiger partial charge in [-0.25, -0.2) is 13.1 Å². The van der Waals surface area contributed by atoms with Gasteiger partial charge in [-0.3, -0.25) is 4.79 Å². The van der Waals surface area contributed by atoms with Crippen LogP contribution < -0.4 is 10.0 Å². The molecule has 1 aromatic carbocycles. The van der Waals surface area contributed by atoms with E-state index in [4.69, 9.17) is 4.74 Å². The molecule has 2 aromatic rings. The molecule has 8 heteroatoms. The van der Waals surface area contributed by atoms with E-state index in [0.717, 1.165) is 6.42 Å². The van der Waals surface area contributed by atoms with E-state index >= 15 is 0 Å². The summed E-state index contributed by atoms with van der Waals surface area (Å²) in [7, 11) is -3.59. The van der Waals surface area contributed by atoms with E-state index in [1.807, 2.05) is 29.1 Å². The summed E-state index contributed by atoms with van der Waals surface area (Å²) >= 11 is 0. The predicted molar refractivity (Wildman–Crippen MR) is 92.8 cm³/mol. The van der Waals surface area contributed by atoms with Crippen molar-refractivity contribution in [2.75, 3.05) is 19.8 Å². The molecular formula is C17H21N3O4S. The van der Waals surface area contributed by atoms with E-state index in [1.54, 1.807) is 0 Å². The second-order valence-electron chi connectivity index (χ2n) is 5.88. The van der Waals surface area contributed by atoms with Crippen molar-refractivity contribution < 1.29 is 17.9 Å². The van der Waals surface area contributed by atoms with E-state index in [9.17, 15) is 13.2 Å². The van der Waals surface area contributed by atoms with Crippen LogP contribution >= 0.6 is 0 Å². The van der Waals surface area contributed by atoms with Crippen LogP contribution in [0, 0.1) is 0 Å². The summed E-state index contributed by atoms with van der Waals surface area (Å²) in [5.74, 6) is -0.222. The van der Waals surface area contributed by atoms with Crippen LogP contribution in [0.25, 0.3) is 0 Å². The zero-order chi connectivity index (χ0) is 17.7. The molecule has 0 saturated carbocycles. The molecule has 0 bridgehead atoms. The third-order valence-corrected chi connectivity index (χ3v) is 5.50. The SMILES string of the molecule is O=C(N[C@H]1CCOC1)c1ccc(S(=O)(=O)NCCn2cccc2)cc1. The molecule has 0 radical (unpaired) electrons. The van der Waals surface area contributed by atoms with Crippen molar-refractivity contribution >= 4 is 15.9 Å². The molecule has 0 aliphatic carbocycles. The minimum Gasteiger partial charge on any atom is -0.379 e. The molecule has 1 amide bonds. The number of amides is 1. The Morgan fingerprint density at radius 1 is 1.20 bits per heavy atom.